The molecule has 5 rings (SSSR count). The first-order chi connectivity index (χ1) is 15.0. The van der Waals surface area contributed by atoms with E-state index >= 15 is 0 Å². The van der Waals surface area contributed by atoms with Gasteiger partial charge in [-0.25, -0.2) is 5.01 Å². The Kier molecular flexibility index (Phi) is 4.99. The normalized spacial score (nSPS) is 33.7. The van der Waals surface area contributed by atoms with Crippen molar-refractivity contribution in [3.05, 3.63) is 29.3 Å². The van der Waals surface area contributed by atoms with Gasteiger partial charge >= 0.3 is 12.4 Å². The maximum absolute atomic E-state index is 13.5. The molecule has 176 valence electrons. The summed E-state index contributed by atoms with van der Waals surface area (Å²) in [6.07, 6.45) is -7.56. The van der Waals surface area contributed by atoms with Crippen LogP contribution >= 0.6 is 0 Å². The molecule has 0 saturated carbocycles. The minimum absolute atomic E-state index is 0.0261. The monoisotopic (exact) mass is 463 g/mol. The summed E-state index contributed by atoms with van der Waals surface area (Å²) in [5, 5.41) is 9.98. The second kappa shape index (κ2) is 7.29. The minimum atomic E-state index is -4.93. The van der Waals surface area contributed by atoms with Crippen LogP contribution in [0.25, 0.3) is 0 Å². The molecule has 4 heterocycles. The van der Waals surface area contributed by atoms with Gasteiger partial charge in [-0.2, -0.15) is 31.5 Å². The number of morpholine rings is 1. The van der Waals surface area contributed by atoms with Crippen LogP contribution in [0.5, 0.6) is 0 Å². The lowest BCUT2D eigenvalue weighted by atomic mass is 9.83. The molecule has 3 fully saturated rings. The van der Waals surface area contributed by atoms with E-state index in [-0.39, 0.29) is 29.9 Å². The van der Waals surface area contributed by atoms with Gasteiger partial charge in [-0.05, 0) is 38.1 Å². The van der Waals surface area contributed by atoms with Gasteiger partial charge in [-0.3, -0.25) is 9.80 Å². The van der Waals surface area contributed by atoms with E-state index in [0.717, 1.165) is 25.0 Å². The van der Waals surface area contributed by atoms with E-state index in [1.807, 2.05) is 7.05 Å². The van der Waals surface area contributed by atoms with Gasteiger partial charge in [-0.15, -0.1) is 0 Å². The number of piperidine rings is 1. The van der Waals surface area contributed by atoms with Gasteiger partial charge in [0.15, 0.2) is 0 Å². The minimum Gasteiger partial charge on any atom is -0.379 e. The van der Waals surface area contributed by atoms with Crippen molar-refractivity contribution in [1.29, 1.82) is 0 Å². The highest BCUT2D eigenvalue weighted by molar-refractivity contribution is 5.55. The summed E-state index contributed by atoms with van der Waals surface area (Å²) in [5.41, 5.74) is -3.87. The molecular formula is C20H23F6N5O. The van der Waals surface area contributed by atoms with Gasteiger partial charge < -0.3 is 4.74 Å². The third-order valence-corrected chi connectivity index (χ3v) is 7.28. The lowest BCUT2D eigenvalue weighted by Gasteiger charge is -2.55. The van der Waals surface area contributed by atoms with Gasteiger partial charge in [0.2, 0.25) is 0 Å². The molecule has 2 bridgehead atoms. The van der Waals surface area contributed by atoms with Crippen molar-refractivity contribution in [2.45, 2.75) is 55.4 Å². The second-order valence-corrected chi connectivity index (χ2v) is 8.87. The zero-order valence-corrected chi connectivity index (χ0v) is 17.3. The second-order valence-electron chi connectivity index (χ2n) is 8.87. The lowest BCUT2D eigenvalue weighted by molar-refractivity contribution is -0.143. The molecule has 6 nitrogen and oxygen atoms in total. The molecule has 0 aliphatic carbocycles. The highest BCUT2D eigenvalue weighted by Crippen LogP contribution is 2.51. The first-order valence-corrected chi connectivity index (χ1v) is 10.6. The Bertz CT molecular complexity index is 882. The average molecular weight is 463 g/mol. The van der Waals surface area contributed by atoms with Crippen molar-refractivity contribution < 1.29 is 31.1 Å². The summed E-state index contributed by atoms with van der Waals surface area (Å²) < 4.78 is 86.6. The van der Waals surface area contributed by atoms with Crippen LogP contribution in [0.1, 0.15) is 30.4 Å². The van der Waals surface area contributed by atoms with Crippen LogP contribution in [0.4, 0.5) is 32.0 Å². The highest BCUT2D eigenvalue weighted by Gasteiger charge is 2.63. The van der Waals surface area contributed by atoms with Crippen LogP contribution in [0.2, 0.25) is 0 Å². The number of alkyl halides is 6. The predicted molar refractivity (Wildman–Crippen MR) is 102 cm³/mol. The third-order valence-electron chi connectivity index (χ3n) is 7.28. The summed E-state index contributed by atoms with van der Waals surface area (Å²) in [4.78, 5) is 4.31. The van der Waals surface area contributed by atoms with Crippen molar-refractivity contribution in [3.8, 4) is 0 Å². The van der Waals surface area contributed by atoms with Crippen LogP contribution in [0, 0.1) is 0 Å². The molecule has 1 aromatic rings. The highest BCUT2D eigenvalue weighted by atomic mass is 19.4. The maximum Gasteiger partial charge on any atom is 0.416 e. The molecule has 0 spiro atoms. The van der Waals surface area contributed by atoms with Gasteiger partial charge in [0, 0.05) is 31.6 Å². The third kappa shape index (κ3) is 3.29. The van der Waals surface area contributed by atoms with E-state index in [0.29, 0.717) is 32.7 Å². The topological polar surface area (TPSA) is 43.7 Å². The van der Waals surface area contributed by atoms with Crippen LogP contribution in [0.3, 0.4) is 0 Å². The van der Waals surface area contributed by atoms with E-state index in [1.165, 1.54) is 5.01 Å². The van der Waals surface area contributed by atoms with Crippen LogP contribution in [-0.4, -0.2) is 66.9 Å². The average Bonchev–Trinajstić information content (AvgIpc) is 3.24. The van der Waals surface area contributed by atoms with Gasteiger partial charge in [0.05, 0.1) is 30.0 Å². The number of anilines is 1. The zero-order chi connectivity index (χ0) is 22.9. The first-order valence-electron chi connectivity index (χ1n) is 10.6. The molecule has 4 aliphatic heterocycles. The summed E-state index contributed by atoms with van der Waals surface area (Å²) >= 11 is 0. The molecule has 12 heteroatoms. The smallest absolute Gasteiger partial charge is 0.379 e. The number of rotatable bonds is 2. The van der Waals surface area contributed by atoms with E-state index in [9.17, 15) is 26.3 Å². The van der Waals surface area contributed by atoms with Gasteiger partial charge in [0.1, 0.15) is 11.7 Å². The number of ether oxygens (including phenoxy) is 1. The quantitative estimate of drug-likeness (QED) is 0.618. The number of hydrogen-bond acceptors (Lipinski definition) is 6. The number of likely N-dealkylation sites (N-methyl/N-ethyl adjacent to an activating group) is 1. The van der Waals surface area contributed by atoms with Gasteiger partial charge in [0.25, 0.3) is 0 Å². The fraction of sp³-hybridized carbons (Fsp3) is 0.700. The lowest BCUT2D eigenvalue weighted by Crippen LogP contribution is -2.72. The molecule has 0 N–H and O–H groups in total. The van der Waals surface area contributed by atoms with Gasteiger partial charge in [-0.1, -0.05) is 5.22 Å². The van der Waals surface area contributed by atoms with Crippen molar-refractivity contribution in [3.63, 3.8) is 0 Å². The largest absolute Gasteiger partial charge is 0.416 e. The molecule has 4 atom stereocenters. The Morgan fingerprint density at radius 3 is 2.19 bits per heavy atom. The Morgan fingerprint density at radius 1 is 0.969 bits per heavy atom. The molecule has 0 amide bonds. The molecular weight excluding hydrogens is 440 g/mol. The molecule has 0 unspecified atom stereocenters. The first kappa shape index (κ1) is 21.9. The zero-order valence-electron chi connectivity index (χ0n) is 17.3. The summed E-state index contributed by atoms with van der Waals surface area (Å²) in [6.45, 7) is 1.88. The Labute approximate surface area is 180 Å². The Morgan fingerprint density at radius 2 is 1.59 bits per heavy atom. The molecule has 0 radical (unpaired) electrons. The number of hydrogen-bond donors (Lipinski definition) is 0. The van der Waals surface area contributed by atoms with Crippen molar-refractivity contribution in [2.24, 2.45) is 10.3 Å². The number of benzene rings is 1. The summed E-state index contributed by atoms with van der Waals surface area (Å²) in [6, 6.07) is 1.44. The fourth-order valence-electron chi connectivity index (χ4n) is 5.75. The Balaban J connectivity index is 1.65. The fourth-order valence-corrected chi connectivity index (χ4v) is 5.75. The van der Waals surface area contributed by atoms with E-state index in [4.69, 9.17) is 4.74 Å². The number of nitrogens with zero attached hydrogens (tertiary/aromatic N) is 5. The maximum atomic E-state index is 13.5. The SMILES string of the molecule is CN1[C@H]2CC[C@@H]1[C@H]1N=NN(c3cc(C(F)(F)F)cc(C(F)(F)F)c3)[C@]1(N1CCOCC1)C2. The number of fused-ring (bicyclic) bond motifs is 4. The molecule has 32 heavy (non-hydrogen) atoms. The van der Waals surface area contributed by atoms with E-state index < -0.39 is 29.1 Å². The molecule has 3 saturated heterocycles. The standard InChI is InChI=1S/C20H23F6N5O/c1-29-14-2-3-16(29)17-18(11-14,30-4-6-32-7-5-30)31(28-27-17)15-9-12(19(21,22)23)8-13(10-15)20(24,25)26/h8-10,14,16-17H,2-7,11H2,1H3/t14-,16+,17+,18+/m0/s1. The summed E-state index contributed by atoms with van der Waals surface area (Å²) in [7, 11) is 2.00. The van der Waals surface area contributed by atoms with Crippen molar-refractivity contribution in [1.82, 2.24) is 9.80 Å². The summed E-state index contributed by atoms with van der Waals surface area (Å²) in [5.74, 6) is 0. The van der Waals surface area contributed by atoms with Crippen LogP contribution in [-0.2, 0) is 17.1 Å². The predicted octanol–water partition coefficient (Wildman–Crippen LogP) is 4.18. The Hall–Kier alpha value is -1.92. The van der Waals surface area contributed by atoms with Crippen LogP contribution in [0.15, 0.2) is 28.5 Å². The number of halogens is 6. The van der Waals surface area contributed by atoms with Crippen molar-refractivity contribution in [2.75, 3.05) is 38.4 Å². The van der Waals surface area contributed by atoms with Crippen molar-refractivity contribution >= 4 is 5.69 Å². The molecule has 4 aliphatic rings. The molecule has 0 aromatic heterocycles. The van der Waals surface area contributed by atoms with E-state index in [1.54, 1.807) is 0 Å². The van der Waals surface area contributed by atoms with Crippen LogP contribution < -0.4 is 5.01 Å². The molecule has 1 aromatic carbocycles. The van der Waals surface area contributed by atoms with E-state index in [2.05, 4.69) is 20.1 Å².